The Balaban J connectivity index is 2.51. The van der Waals surface area contributed by atoms with Gasteiger partial charge in [0.15, 0.2) is 0 Å². The lowest BCUT2D eigenvalue weighted by Crippen LogP contribution is -2.45. The van der Waals surface area contributed by atoms with Crippen molar-refractivity contribution in [2.45, 2.75) is 26.3 Å². The van der Waals surface area contributed by atoms with Gasteiger partial charge in [-0.2, -0.15) is 5.10 Å². The topological polar surface area (TPSA) is 113 Å². The van der Waals surface area contributed by atoms with Crippen LogP contribution in [0.4, 0.5) is 5.82 Å². The Morgan fingerprint density at radius 3 is 2.82 bits per heavy atom. The number of hydrogen-bond acceptors (Lipinski definition) is 4. The van der Waals surface area contributed by atoms with E-state index in [-0.39, 0.29) is 17.3 Å². The predicted octanol–water partition coefficient (Wildman–Crippen LogP) is -0.364. The van der Waals surface area contributed by atoms with Crippen molar-refractivity contribution in [3.63, 3.8) is 0 Å². The fraction of sp³-hybridized carbons (Fsp3) is 0.500. The highest BCUT2D eigenvalue weighted by atomic mass is 16.2. The van der Waals surface area contributed by atoms with E-state index in [2.05, 4.69) is 20.8 Å². The van der Waals surface area contributed by atoms with Gasteiger partial charge in [-0.1, -0.05) is 6.92 Å². The summed E-state index contributed by atoms with van der Waals surface area (Å²) in [4.78, 5) is 23.2. The van der Waals surface area contributed by atoms with E-state index in [9.17, 15) is 9.59 Å². The summed E-state index contributed by atoms with van der Waals surface area (Å²) in [5, 5.41) is 11.3. The summed E-state index contributed by atoms with van der Waals surface area (Å²) in [6.07, 6.45) is 2.17. The van der Waals surface area contributed by atoms with E-state index in [1.165, 1.54) is 6.20 Å². The number of nitrogens with one attached hydrogen (secondary N) is 3. The summed E-state index contributed by atoms with van der Waals surface area (Å²) < 4.78 is 0. The number of nitrogens with zero attached hydrogens (tertiary/aromatic N) is 1. The molecule has 1 heterocycles. The van der Waals surface area contributed by atoms with Crippen LogP contribution in [-0.4, -0.2) is 34.6 Å². The Morgan fingerprint density at radius 1 is 1.59 bits per heavy atom. The van der Waals surface area contributed by atoms with E-state index in [1.54, 1.807) is 6.92 Å². The summed E-state index contributed by atoms with van der Waals surface area (Å²) >= 11 is 0. The summed E-state index contributed by atoms with van der Waals surface area (Å²) in [6, 6.07) is -0.608. The molecule has 7 heteroatoms. The lowest BCUT2D eigenvalue weighted by molar-refractivity contribution is -0.122. The molecule has 1 unspecified atom stereocenters. The number of nitrogen functional groups attached to an aromatic ring is 1. The van der Waals surface area contributed by atoms with E-state index < -0.39 is 11.9 Å². The van der Waals surface area contributed by atoms with Gasteiger partial charge in [0.25, 0.3) is 5.91 Å². The van der Waals surface area contributed by atoms with Gasteiger partial charge in [-0.3, -0.25) is 14.7 Å². The number of amides is 2. The zero-order valence-corrected chi connectivity index (χ0v) is 9.91. The smallest absolute Gasteiger partial charge is 0.257 e. The Hall–Kier alpha value is -2.05. The number of hydrogen-bond donors (Lipinski definition) is 4. The first-order chi connectivity index (χ1) is 8.06. The largest absolute Gasteiger partial charge is 0.383 e. The summed E-state index contributed by atoms with van der Waals surface area (Å²) in [6.45, 7) is 4.15. The van der Waals surface area contributed by atoms with Crippen molar-refractivity contribution in [1.82, 2.24) is 20.8 Å². The van der Waals surface area contributed by atoms with Crippen molar-refractivity contribution in [3.05, 3.63) is 11.8 Å². The Kier molecular flexibility index (Phi) is 4.50. The van der Waals surface area contributed by atoms with Gasteiger partial charge in [0.1, 0.15) is 17.4 Å². The minimum absolute atomic E-state index is 0.184. The number of carbonyl (C=O) groups excluding carboxylic acids is 2. The number of aromatic amines is 1. The SMILES string of the molecule is CCCNC(=O)C(C)NC(=O)c1cn[nH]c1N. The van der Waals surface area contributed by atoms with Crippen LogP contribution < -0.4 is 16.4 Å². The Bertz CT molecular complexity index is 401. The molecule has 5 N–H and O–H groups in total. The molecule has 0 saturated carbocycles. The zero-order valence-electron chi connectivity index (χ0n) is 9.91. The van der Waals surface area contributed by atoms with Crippen LogP contribution in [0.15, 0.2) is 6.20 Å². The average Bonchev–Trinajstić information content (AvgIpc) is 2.72. The lowest BCUT2D eigenvalue weighted by Gasteiger charge is -2.13. The Labute approximate surface area is 99.1 Å². The van der Waals surface area contributed by atoms with Gasteiger partial charge in [-0.05, 0) is 13.3 Å². The maximum atomic E-state index is 11.7. The minimum Gasteiger partial charge on any atom is -0.383 e. The highest BCUT2D eigenvalue weighted by molar-refractivity contribution is 6.00. The summed E-state index contributed by atoms with van der Waals surface area (Å²) in [7, 11) is 0. The highest BCUT2D eigenvalue weighted by Gasteiger charge is 2.18. The Morgan fingerprint density at radius 2 is 2.29 bits per heavy atom. The van der Waals surface area contributed by atoms with Gasteiger partial charge in [0.05, 0.1) is 6.20 Å². The standard InChI is InChI=1S/C10H17N5O2/c1-3-4-12-9(16)6(2)14-10(17)7-5-13-15-8(7)11/h5-6H,3-4H2,1-2H3,(H,12,16)(H,14,17)(H3,11,13,15). The minimum atomic E-state index is -0.608. The molecule has 1 rings (SSSR count). The van der Waals surface area contributed by atoms with Gasteiger partial charge in [-0.25, -0.2) is 0 Å². The summed E-state index contributed by atoms with van der Waals surface area (Å²) in [5.74, 6) is -0.457. The van der Waals surface area contributed by atoms with Crippen molar-refractivity contribution >= 4 is 17.6 Å². The maximum Gasteiger partial charge on any atom is 0.257 e. The molecule has 1 atom stereocenters. The van der Waals surface area contributed by atoms with Gasteiger partial charge in [0, 0.05) is 6.54 Å². The molecule has 0 aliphatic carbocycles. The molecule has 0 fully saturated rings. The van der Waals surface area contributed by atoms with Crippen LogP contribution >= 0.6 is 0 Å². The van der Waals surface area contributed by atoms with Gasteiger partial charge in [0.2, 0.25) is 5.91 Å². The van der Waals surface area contributed by atoms with Crippen molar-refractivity contribution in [2.24, 2.45) is 0 Å². The quantitative estimate of drug-likeness (QED) is 0.561. The van der Waals surface area contributed by atoms with Crippen molar-refractivity contribution < 1.29 is 9.59 Å². The number of aromatic nitrogens is 2. The van der Waals surface area contributed by atoms with Crippen LogP contribution in [0.25, 0.3) is 0 Å². The second-order valence-corrected chi connectivity index (χ2v) is 3.68. The number of H-pyrrole nitrogens is 1. The summed E-state index contributed by atoms with van der Waals surface area (Å²) in [5.41, 5.74) is 5.73. The van der Waals surface area contributed by atoms with Crippen molar-refractivity contribution in [2.75, 3.05) is 12.3 Å². The van der Waals surface area contributed by atoms with E-state index in [0.29, 0.717) is 6.54 Å². The highest BCUT2D eigenvalue weighted by Crippen LogP contribution is 2.05. The molecule has 0 spiro atoms. The van der Waals surface area contributed by atoms with Gasteiger partial charge in [-0.15, -0.1) is 0 Å². The van der Waals surface area contributed by atoms with E-state index in [4.69, 9.17) is 5.73 Å². The third-order valence-corrected chi connectivity index (χ3v) is 2.20. The second kappa shape index (κ2) is 5.88. The maximum absolute atomic E-state index is 11.7. The van der Waals surface area contributed by atoms with Crippen LogP contribution in [-0.2, 0) is 4.79 Å². The lowest BCUT2D eigenvalue weighted by atomic mass is 10.2. The van der Waals surface area contributed by atoms with Crippen molar-refractivity contribution in [3.8, 4) is 0 Å². The average molecular weight is 239 g/mol. The first-order valence-corrected chi connectivity index (χ1v) is 5.43. The molecule has 2 amide bonds. The van der Waals surface area contributed by atoms with E-state index >= 15 is 0 Å². The molecule has 17 heavy (non-hydrogen) atoms. The van der Waals surface area contributed by atoms with Crippen molar-refractivity contribution in [1.29, 1.82) is 0 Å². The number of nitrogens with two attached hydrogens (primary N) is 1. The molecule has 7 nitrogen and oxygen atoms in total. The second-order valence-electron chi connectivity index (χ2n) is 3.68. The normalized spacial score (nSPS) is 11.9. The van der Waals surface area contributed by atoms with Gasteiger partial charge < -0.3 is 16.4 Å². The fourth-order valence-corrected chi connectivity index (χ4v) is 1.22. The van der Waals surface area contributed by atoms with Crippen LogP contribution in [0.3, 0.4) is 0 Å². The molecule has 1 aromatic heterocycles. The van der Waals surface area contributed by atoms with E-state index in [0.717, 1.165) is 6.42 Å². The molecule has 0 saturated heterocycles. The third-order valence-electron chi connectivity index (χ3n) is 2.20. The number of carbonyl (C=O) groups is 2. The first-order valence-electron chi connectivity index (χ1n) is 5.43. The molecular formula is C10H17N5O2. The van der Waals surface area contributed by atoms with Crippen LogP contribution in [0.1, 0.15) is 30.6 Å². The number of anilines is 1. The van der Waals surface area contributed by atoms with E-state index in [1.807, 2.05) is 6.92 Å². The monoisotopic (exact) mass is 239 g/mol. The van der Waals surface area contributed by atoms with Crippen LogP contribution in [0.2, 0.25) is 0 Å². The molecule has 0 radical (unpaired) electrons. The molecule has 94 valence electrons. The zero-order chi connectivity index (χ0) is 12.8. The third kappa shape index (κ3) is 3.47. The number of rotatable bonds is 5. The van der Waals surface area contributed by atoms with Crippen LogP contribution in [0.5, 0.6) is 0 Å². The molecule has 1 aromatic rings. The molecule has 0 aromatic carbocycles. The van der Waals surface area contributed by atoms with Crippen LogP contribution in [0, 0.1) is 0 Å². The fourth-order valence-electron chi connectivity index (χ4n) is 1.22. The molecule has 0 bridgehead atoms. The first kappa shape index (κ1) is 13.0. The molecule has 0 aliphatic heterocycles. The molecular weight excluding hydrogens is 222 g/mol. The molecule has 0 aliphatic rings. The predicted molar refractivity (Wildman–Crippen MR) is 63.2 cm³/mol. The van der Waals surface area contributed by atoms with Gasteiger partial charge >= 0.3 is 0 Å².